The van der Waals surface area contributed by atoms with Crippen molar-refractivity contribution in [3.8, 4) is 0 Å². The topological polar surface area (TPSA) is 13.1 Å². The van der Waals surface area contributed by atoms with Gasteiger partial charge in [-0.05, 0) is 42.7 Å². The Morgan fingerprint density at radius 2 is 2.00 bits per heavy atom. The lowest BCUT2D eigenvalue weighted by molar-refractivity contribution is 0.500. The average molecular weight is 348 g/mol. The first-order chi connectivity index (χ1) is 8.65. The minimum Gasteiger partial charge on any atom is -0.469 e. The lowest BCUT2D eigenvalue weighted by atomic mass is 10.1. The zero-order chi connectivity index (χ0) is 13.0. The molecule has 0 saturated heterocycles. The monoisotopic (exact) mass is 346 g/mol. The summed E-state index contributed by atoms with van der Waals surface area (Å²) in [5.74, 6) is 1.02. The number of hydrogen-bond donors (Lipinski definition) is 0. The van der Waals surface area contributed by atoms with Crippen LogP contribution in [-0.2, 0) is 12.8 Å². The number of aryl methyl sites for hydroxylation is 1. The first-order valence-corrected chi connectivity index (χ1v) is 7.42. The van der Waals surface area contributed by atoms with E-state index in [1.807, 2.05) is 30.3 Å². The van der Waals surface area contributed by atoms with Crippen LogP contribution in [0.4, 0.5) is 0 Å². The predicted molar refractivity (Wildman–Crippen MR) is 79.9 cm³/mol. The minimum atomic E-state index is 0.403. The summed E-state index contributed by atoms with van der Waals surface area (Å²) >= 11 is 15.6. The van der Waals surface area contributed by atoms with E-state index in [0.29, 0.717) is 14.9 Å². The summed E-state index contributed by atoms with van der Waals surface area (Å²) in [6.07, 6.45) is 4.59. The third kappa shape index (κ3) is 4.04. The van der Waals surface area contributed by atoms with Gasteiger partial charge in [0.2, 0.25) is 0 Å². The van der Waals surface area contributed by atoms with Crippen LogP contribution >= 0.6 is 39.1 Å². The summed E-state index contributed by atoms with van der Waals surface area (Å²) in [5, 5.41) is 1.21. The minimum absolute atomic E-state index is 0.403. The van der Waals surface area contributed by atoms with Gasteiger partial charge in [0.1, 0.15) is 5.76 Å². The zero-order valence-electron chi connectivity index (χ0n) is 9.70. The molecule has 0 bridgehead atoms. The average Bonchev–Trinajstić information content (AvgIpc) is 2.84. The van der Waals surface area contributed by atoms with Gasteiger partial charge in [-0.2, -0.15) is 0 Å². The van der Waals surface area contributed by atoms with Gasteiger partial charge in [0.05, 0.1) is 16.3 Å². The Labute approximate surface area is 125 Å². The summed E-state index contributed by atoms with van der Waals surface area (Å²) < 4.78 is 5.31. The fourth-order valence-corrected chi connectivity index (χ4v) is 2.70. The maximum atomic E-state index is 5.99. The lowest BCUT2D eigenvalue weighted by Crippen LogP contribution is -2.04. The molecular formula is C14H13BrCl2O. The van der Waals surface area contributed by atoms with Crippen molar-refractivity contribution in [2.45, 2.75) is 24.1 Å². The van der Waals surface area contributed by atoms with Crippen LogP contribution in [0, 0.1) is 0 Å². The zero-order valence-corrected chi connectivity index (χ0v) is 12.8. The second-order valence-electron chi connectivity index (χ2n) is 4.17. The van der Waals surface area contributed by atoms with Gasteiger partial charge in [-0.3, -0.25) is 0 Å². The highest BCUT2D eigenvalue weighted by atomic mass is 79.9. The number of alkyl halides is 1. The van der Waals surface area contributed by atoms with E-state index in [4.69, 9.17) is 27.6 Å². The fraction of sp³-hybridized carbons (Fsp3) is 0.286. The highest BCUT2D eigenvalue weighted by Crippen LogP contribution is 2.25. The molecule has 0 saturated carbocycles. The molecule has 96 valence electrons. The molecule has 18 heavy (non-hydrogen) atoms. The second-order valence-corrected chi connectivity index (χ2v) is 6.28. The number of rotatable bonds is 5. The van der Waals surface area contributed by atoms with E-state index in [9.17, 15) is 0 Å². The summed E-state index contributed by atoms with van der Waals surface area (Å²) in [5.41, 5.74) is 1.19. The summed E-state index contributed by atoms with van der Waals surface area (Å²) in [6, 6.07) is 9.68. The molecule has 1 aromatic carbocycles. The molecule has 0 aliphatic rings. The molecule has 0 aliphatic heterocycles. The van der Waals surface area contributed by atoms with Crippen LogP contribution in [0.25, 0.3) is 0 Å². The summed E-state index contributed by atoms with van der Waals surface area (Å²) in [6.45, 7) is 0. The van der Waals surface area contributed by atoms with E-state index in [0.717, 1.165) is 25.0 Å². The molecule has 2 rings (SSSR count). The van der Waals surface area contributed by atoms with Crippen LogP contribution in [0.15, 0.2) is 41.0 Å². The van der Waals surface area contributed by atoms with E-state index in [2.05, 4.69) is 15.9 Å². The van der Waals surface area contributed by atoms with Crippen molar-refractivity contribution in [3.63, 3.8) is 0 Å². The number of benzene rings is 1. The molecule has 1 unspecified atom stereocenters. The smallest absolute Gasteiger partial charge is 0.103 e. The van der Waals surface area contributed by atoms with E-state index in [1.54, 1.807) is 6.26 Å². The van der Waals surface area contributed by atoms with Crippen molar-refractivity contribution < 1.29 is 4.42 Å². The third-order valence-electron chi connectivity index (χ3n) is 2.73. The highest BCUT2D eigenvalue weighted by molar-refractivity contribution is 9.09. The largest absolute Gasteiger partial charge is 0.469 e. The van der Waals surface area contributed by atoms with Gasteiger partial charge in [-0.15, -0.1) is 0 Å². The molecule has 1 atom stereocenters. The third-order valence-corrected chi connectivity index (χ3v) is 4.25. The maximum Gasteiger partial charge on any atom is 0.103 e. The van der Waals surface area contributed by atoms with Crippen LogP contribution in [-0.4, -0.2) is 4.83 Å². The quantitative estimate of drug-likeness (QED) is 0.648. The molecule has 0 amide bonds. The molecule has 0 aliphatic carbocycles. The Bertz CT molecular complexity index is 497. The molecule has 0 radical (unpaired) electrons. The van der Waals surface area contributed by atoms with Crippen molar-refractivity contribution in [2.24, 2.45) is 0 Å². The Kier molecular flexibility index (Phi) is 5.16. The second kappa shape index (κ2) is 6.65. The van der Waals surface area contributed by atoms with Crippen molar-refractivity contribution in [2.75, 3.05) is 0 Å². The molecule has 1 nitrogen and oxygen atoms in total. The fourth-order valence-electron chi connectivity index (χ4n) is 1.78. The van der Waals surface area contributed by atoms with Crippen molar-refractivity contribution >= 4 is 39.1 Å². The van der Waals surface area contributed by atoms with E-state index < -0.39 is 0 Å². The Morgan fingerprint density at radius 1 is 1.17 bits per heavy atom. The SMILES string of the molecule is Clc1ccc(CC(Br)CCc2ccco2)cc1Cl. The molecule has 1 aromatic heterocycles. The molecule has 4 heteroatoms. The van der Waals surface area contributed by atoms with Crippen LogP contribution in [0.3, 0.4) is 0 Å². The van der Waals surface area contributed by atoms with Crippen LogP contribution in [0.5, 0.6) is 0 Å². The Morgan fingerprint density at radius 3 is 2.67 bits per heavy atom. The van der Waals surface area contributed by atoms with Gasteiger partial charge < -0.3 is 4.42 Å². The van der Waals surface area contributed by atoms with Gasteiger partial charge in [0, 0.05) is 11.2 Å². The van der Waals surface area contributed by atoms with Gasteiger partial charge in [-0.1, -0.05) is 45.2 Å². The molecule has 0 fully saturated rings. The normalized spacial score (nSPS) is 12.6. The first kappa shape index (κ1) is 14.0. The van der Waals surface area contributed by atoms with Gasteiger partial charge in [0.25, 0.3) is 0 Å². The van der Waals surface area contributed by atoms with Crippen molar-refractivity contribution in [3.05, 3.63) is 58.0 Å². The van der Waals surface area contributed by atoms with Gasteiger partial charge >= 0.3 is 0 Å². The molecular weight excluding hydrogens is 335 g/mol. The van der Waals surface area contributed by atoms with Gasteiger partial charge in [0.15, 0.2) is 0 Å². The van der Waals surface area contributed by atoms with Crippen LogP contribution in [0.1, 0.15) is 17.7 Å². The van der Waals surface area contributed by atoms with Crippen LogP contribution < -0.4 is 0 Å². The molecule has 2 aromatic rings. The Hall–Kier alpha value is -0.440. The van der Waals surface area contributed by atoms with E-state index >= 15 is 0 Å². The van der Waals surface area contributed by atoms with Crippen LogP contribution in [0.2, 0.25) is 10.0 Å². The highest BCUT2D eigenvalue weighted by Gasteiger charge is 2.08. The predicted octanol–water partition coefficient (Wildman–Crippen LogP) is 5.53. The Balaban J connectivity index is 1.86. The molecule has 0 spiro atoms. The summed E-state index contributed by atoms with van der Waals surface area (Å²) in [4.78, 5) is 0.403. The van der Waals surface area contributed by atoms with Crippen molar-refractivity contribution in [1.82, 2.24) is 0 Å². The van der Waals surface area contributed by atoms with Gasteiger partial charge in [-0.25, -0.2) is 0 Å². The molecule has 0 N–H and O–H groups in total. The number of furan rings is 1. The first-order valence-electron chi connectivity index (χ1n) is 5.75. The van der Waals surface area contributed by atoms with E-state index in [-0.39, 0.29) is 0 Å². The lowest BCUT2D eigenvalue weighted by Gasteiger charge is -2.09. The van der Waals surface area contributed by atoms with Crippen molar-refractivity contribution in [1.29, 1.82) is 0 Å². The maximum absolute atomic E-state index is 5.99. The standard InChI is InChI=1S/C14H13BrCl2O/c15-11(4-5-12-2-1-7-18-12)8-10-3-6-13(16)14(17)9-10/h1-3,6-7,9,11H,4-5,8H2. The number of halogens is 3. The van der Waals surface area contributed by atoms with E-state index in [1.165, 1.54) is 5.56 Å². The number of hydrogen-bond acceptors (Lipinski definition) is 1. The summed E-state index contributed by atoms with van der Waals surface area (Å²) in [7, 11) is 0. The molecule has 1 heterocycles.